The topological polar surface area (TPSA) is 55.8 Å². The van der Waals surface area contributed by atoms with Crippen LogP contribution in [-0.4, -0.2) is 43.1 Å². The maximum Gasteiger partial charge on any atom is 0.628 e. The average Bonchev–Trinajstić information content (AvgIpc) is 2.43. The lowest BCUT2D eigenvalue weighted by Crippen LogP contribution is -2.62. The molecule has 1 unspecified atom stereocenters. The monoisotopic (exact) mass is 305 g/mol. The maximum atomic E-state index is 12.0. The van der Waals surface area contributed by atoms with E-state index in [1.165, 1.54) is 12.4 Å². The molecule has 4 atom stereocenters. The lowest BCUT2D eigenvalue weighted by molar-refractivity contribution is -0.160. The number of rotatable bonds is 2. The summed E-state index contributed by atoms with van der Waals surface area (Å²) in [6.45, 7) is 10.7. The smallest absolute Gasteiger partial charge is 0.495 e. The van der Waals surface area contributed by atoms with Gasteiger partial charge in [-0.05, 0) is 42.0 Å². The Bertz CT molecular complexity index is 486. The fraction of sp³-hybridized carbons (Fsp3) is 0.750. The van der Waals surface area contributed by atoms with Crippen LogP contribution >= 0.6 is 0 Å². The number of carbonyl (C=O) groups is 2. The van der Waals surface area contributed by atoms with Crippen LogP contribution in [0.1, 0.15) is 33.6 Å². The highest BCUT2D eigenvalue weighted by atomic mass is 16.6. The molecule has 4 aliphatic rings. The largest absolute Gasteiger partial charge is 0.628 e. The van der Waals surface area contributed by atoms with Crippen LogP contribution in [0.3, 0.4) is 0 Å². The molecule has 1 heterocycles. The molecule has 0 radical (unpaired) electrons. The van der Waals surface area contributed by atoms with E-state index in [9.17, 15) is 9.59 Å². The van der Waals surface area contributed by atoms with Crippen LogP contribution in [-0.2, 0) is 18.9 Å². The van der Waals surface area contributed by atoms with Crippen LogP contribution in [0.15, 0.2) is 12.6 Å². The van der Waals surface area contributed by atoms with Gasteiger partial charge in [-0.1, -0.05) is 20.8 Å². The summed E-state index contributed by atoms with van der Waals surface area (Å²) in [4.78, 5) is 25.9. The molecule has 4 fully saturated rings. The van der Waals surface area contributed by atoms with Gasteiger partial charge in [0.05, 0.1) is 13.1 Å². The Kier molecular flexibility index (Phi) is 3.83. The summed E-state index contributed by atoms with van der Waals surface area (Å²) in [5.74, 6) is 2.42. The molecule has 0 spiro atoms. The molecule has 4 rings (SSSR count). The molecule has 0 N–H and O–H groups in total. The number of hydrogen-bond donors (Lipinski definition) is 0. The van der Waals surface area contributed by atoms with Crippen LogP contribution in [0.5, 0.6) is 0 Å². The predicted molar refractivity (Wildman–Crippen MR) is 82.7 cm³/mol. The number of carbonyl (C=O) groups excluding carboxylic acids is 2. The second-order valence-electron chi connectivity index (χ2n) is 7.51. The molecule has 22 heavy (non-hydrogen) atoms. The van der Waals surface area contributed by atoms with Gasteiger partial charge >= 0.3 is 19.1 Å². The Labute approximate surface area is 132 Å². The summed E-state index contributed by atoms with van der Waals surface area (Å²) >= 11 is 0. The molecule has 3 saturated carbocycles. The highest BCUT2D eigenvalue weighted by Crippen LogP contribution is 2.61. The highest BCUT2D eigenvalue weighted by molar-refractivity contribution is 6.54. The average molecular weight is 305 g/mol. The van der Waals surface area contributed by atoms with E-state index in [0.717, 1.165) is 6.42 Å². The van der Waals surface area contributed by atoms with Gasteiger partial charge in [0.25, 0.3) is 0 Å². The van der Waals surface area contributed by atoms with Crippen LogP contribution in [0.25, 0.3) is 0 Å². The van der Waals surface area contributed by atoms with Gasteiger partial charge in [0.2, 0.25) is 0 Å². The summed E-state index contributed by atoms with van der Waals surface area (Å²) in [5, 5.41) is 0. The molecule has 0 amide bonds. The molecule has 1 aliphatic heterocycles. The molecule has 5 nitrogen and oxygen atoms in total. The quantitative estimate of drug-likeness (QED) is 0.726. The number of fused-ring (bicyclic) bond motifs is 2. The second-order valence-corrected chi connectivity index (χ2v) is 7.51. The Morgan fingerprint density at radius 2 is 1.82 bits per heavy atom. The zero-order valence-corrected chi connectivity index (χ0v) is 13.6. The van der Waals surface area contributed by atoms with Gasteiger partial charge in [-0.15, -0.1) is 6.58 Å². The van der Waals surface area contributed by atoms with Crippen molar-refractivity contribution in [2.24, 2.45) is 23.2 Å². The molecule has 0 aromatic rings. The first kappa shape index (κ1) is 15.6. The zero-order valence-electron chi connectivity index (χ0n) is 13.6. The normalized spacial score (nSPS) is 38.2. The Morgan fingerprint density at radius 1 is 1.23 bits per heavy atom. The fourth-order valence-electron chi connectivity index (χ4n) is 4.68. The summed E-state index contributed by atoms with van der Waals surface area (Å²) in [6.07, 6.45) is 2.31. The van der Waals surface area contributed by atoms with Crippen molar-refractivity contribution in [2.45, 2.75) is 39.7 Å². The second kappa shape index (κ2) is 5.41. The first-order chi connectivity index (χ1) is 10.3. The number of hydrogen-bond acceptors (Lipinski definition) is 5. The van der Waals surface area contributed by atoms with E-state index < -0.39 is 7.12 Å². The summed E-state index contributed by atoms with van der Waals surface area (Å²) in [5.41, 5.74) is 0.383. The van der Waals surface area contributed by atoms with E-state index >= 15 is 0 Å². The van der Waals surface area contributed by atoms with Gasteiger partial charge in [0.15, 0.2) is 0 Å². The van der Waals surface area contributed by atoms with Crippen molar-refractivity contribution in [3.8, 4) is 0 Å². The molecule has 6 heteroatoms. The van der Waals surface area contributed by atoms with E-state index in [1.807, 2.05) is 4.90 Å². The molecular weight excluding hydrogens is 281 g/mol. The minimum atomic E-state index is -0.960. The zero-order chi connectivity index (χ0) is 16.1. The molecule has 3 aliphatic carbocycles. The maximum absolute atomic E-state index is 12.0. The minimum absolute atomic E-state index is 0.147. The first-order valence-corrected chi connectivity index (χ1v) is 8.08. The van der Waals surface area contributed by atoms with E-state index in [4.69, 9.17) is 9.31 Å². The molecule has 0 aromatic heterocycles. The van der Waals surface area contributed by atoms with Gasteiger partial charge < -0.3 is 9.31 Å². The van der Waals surface area contributed by atoms with Gasteiger partial charge in [-0.25, -0.2) is 0 Å². The Hall–Kier alpha value is -1.30. The Morgan fingerprint density at radius 3 is 2.27 bits per heavy atom. The van der Waals surface area contributed by atoms with Crippen LogP contribution in [0.4, 0.5) is 0 Å². The lowest BCUT2D eigenvalue weighted by atomic mass is 9.44. The molecule has 0 aromatic carbocycles. The van der Waals surface area contributed by atoms with Crippen molar-refractivity contribution in [1.82, 2.24) is 4.90 Å². The van der Waals surface area contributed by atoms with Crippen molar-refractivity contribution in [3.05, 3.63) is 12.6 Å². The van der Waals surface area contributed by atoms with Crippen molar-refractivity contribution in [3.63, 3.8) is 0 Å². The lowest BCUT2D eigenvalue weighted by Gasteiger charge is -2.63. The van der Waals surface area contributed by atoms with Crippen molar-refractivity contribution in [1.29, 1.82) is 0 Å². The Balaban J connectivity index is 1.73. The first-order valence-electron chi connectivity index (χ1n) is 8.08. The standard InChI is InChI=1S/C16H24BNO4/c1-5-17-21-14(19)8-18(9-15(20)22-17)13-7-11-6-12(10(13)2)16(11,3)4/h5,10-13H,1,6-9H2,2-4H3/t10-,11+,12-,13?/m1/s1. The number of nitrogens with zero attached hydrogens (tertiary/aromatic N) is 1. The van der Waals surface area contributed by atoms with Crippen molar-refractivity contribution in [2.75, 3.05) is 13.1 Å². The predicted octanol–water partition coefficient (Wildman–Crippen LogP) is 1.67. The van der Waals surface area contributed by atoms with Gasteiger partial charge in [0.1, 0.15) is 0 Å². The minimum Gasteiger partial charge on any atom is -0.495 e. The molecule has 2 bridgehead atoms. The summed E-state index contributed by atoms with van der Waals surface area (Å²) in [6, 6.07) is 0.247. The van der Waals surface area contributed by atoms with E-state index in [0.29, 0.717) is 23.2 Å². The van der Waals surface area contributed by atoms with Crippen LogP contribution < -0.4 is 0 Å². The SMILES string of the molecule is C=CB1OC(=O)CN(C2C[C@@H]3C[C@H]([C@H]2C)C3(C)C)CC(=O)O1. The summed E-state index contributed by atoms with van der Waals surface area (Å²) < 4.78 is 10.2. The van der Waals surface area contributed by atoms with Crippen molar-refractivity contribution >= 4 is 19.1 Å². The van der Waals surface area contributed by atoms with Crippen molar-refractivity contribution < 1.29 is 18.9 Å². The fourth-order valence-corrected chi connectivity index (χ4v) is 4.68. The van der Waals surface area contributed by atoms with Gasteiger partial charge in [-0.3, -0.25) is 14.5 Å². The van der Waals surface area contributed by atoms with Gasteiger partial charge in [-0.2, -0.15) is 0 Å². The van der Waals surface area contributed by atoms with Gasteiger partial charge in [0, 0.05) is 6.04 Å². The van der Waals surface area contributed by atoms with Crippen LogP contribution in [0.2, 0.25) is 0 Å². The molecular formula is C16H24BNO4. The third kappa shape index (κ3) is 2.47. The molecule has 120 valence electrons. The summed E-state index contributed by atoms with van der Waals surface area (Å²) in [7, 11) is -0.960. The third-order valence-electron chi connectivity index (χ3n) is 6.13. The van der Waals surface area contributed by atoms with E-state index in [2.05, 4.69) is 27.4 Å². The van der Waals surface area contributed by atoms with E-state index in [-0.39, 0.29) is 31.1 Å². The highest BCUT2D eigenvalue weighted by Gasteiger charge is 2.57. The third-order valence-corrected chi connectivity index (χ3v) is 6.13. The van der Waals surface area contributed by atoms with E-state index in [1.54, 1.807) is 0 Å². The molecule has 1 saturated heterocycles. The van der Waals surface area contributed by atoms with Crippen LogP contribution in [0, 0.1) is 23.2 Å².